The average Bonchev–Trinajstić information content (AvgIpc) is 3.04. The van der Waals surface area contributed by atoms with Crippen LogP contribution >= 0.6 is 0 Å². The van der Waals surface area contributed by atoms with Crippen molar-refractivity contribution in [1.29, 1.82) is 0 Å². The van der Waals surface area contributed by atoms with Gasteiger partial charge < -0.3 is 0 Å². The zero-order chi connectivity index (χ0) is 33.0. The molecule has 2 rings (SSSR count). The zero-order valence-electron chi connectivity index (χ0n) is 30.8. The van der Waals surface area contributed by atoms with Crippen molar-refractivity contribution >= 4 is 38.4 Å². The van der Waals surface area contributed by atoms with E-state index in [1.54, 1.807) is 0 Å². The summed E-state index contributed by atoms with van der Waals surface area (Å²) in [5.41, 5.74) is 5.84. The van der Waals surface area contributed by atoms with Crippen LogP contribution in [-0.2, 0) is 27.1 Å². The molecular formula is C40H70O3Sn2. The summed E-state index contributed by atoms with van der Waals surface area (Å²) in [5.74, 6) is 2.29. The Balaban J connectivity index is 2.77. The molecule has 2 aromatic carbocycles. The van der Waals surface area contributed by atoms with Gasteiger partial charge in [0.05, 0.1) is 0 Å². The van der Waals surface area contributed by atoms with Crippen LogP contribution < -0.4 is 6.15 Å². The number of rotatable bonds is 26. The maximum absolute atomic E-state index is 8.08. The SMILES string of the molecule is CCC[CH2][Sn]([CH2]CCC)([O]c1cccc(CCC)c1CCC)[O][Sn]([CH2]CCC)([CH2]CCC)[O]c1cccc(CCC)c1CCC. The van der Waals surface area contributed by atoms with Crippen LogP contribution in [0.25, 0.3) is 0 Å². The van der Waals surface area contributed by atoms with E-state index in [0.717, 1.165) is 80.6 Å². The van der Waals surface area contributed by atoms with E-state index in [2.05, 4.69) is 91.8 Å². The molecule has 0 fully saturated rings. The summed E-state index contributed by atoms with van der Waals surface area (Å²) in [6.45, 7) is 18.5. The van der Waals surface area contributed by atoms with Gasteiger partial charge in [0.1, 0.15) is 0 Å². The van der Waals surface area contributed by atoms with Gasteiger partial charge in [0.15, 0.2) is 0 Å². The first-order valence-electron chi connectivity index (χ1n) is 19.2. The fourth-order valence-corrected chi connectivity index (χ4v) is 48.6. The second-order valence-corrected chi connectivity index (χ2v) is 35.1. The molecule has 0 saturated carbocycles. The van der Waals surface area contributed by atoms with Crippen LogP contribution in [0.2, 0.25) is 17.7 Å². The van der Waals surface area contributed by atoms with Gasteiger partial charge in [-0.05, 0) is 0 Å². The Hall–Kier alpha value is -0.403. The molecule has 0 aliphatic heterocycles. The van der Waals surface area contributed by atoms with Crippen molar-refractivity contribution in [3.05, 3.63) is 58.7 Å². The van der Waals surface area contributed by atoms with Gasteiger partial charge in [-0.3, -0.25) is 0 Å². The third-order valence-electron chi connectivity index (χ3n) is 9.11. The van der Waals surface area contributed by atoms with Gasteiger partial charge in [-0.25, -0.2) is 0 Å². The molecule has 0 radical (unpaired) electrons. The Labute approximate surface area is 289 Å². The molecule has 0 bridgehead atoms. The van der Waals surface area contributed by atoms with Gasteiger partial charge in [0, 0.05) is 0 Å². The minimum absolute atomic E-state index is 1.08. The van der Waals surface area contributed by atoms with Crippen molar-refractivity contribution in [3.8, 4) is 11.5 Å². The third kappa shape index (κ3) is 13.2. The molecule has 2 aromatic rings. The van der Waals surface area contributed by atoms with Crippen LogP contribution in [0.3, 0.4) is 0 Å². The Morgan fingerprint density at radius 2 is 0.756 bits per heavy atom. The molecule has 5 heteroatoms. The number of aryl methyl sites for hydroxylation is 2. The molecule has 0 N–H and O–H groups in total. The first kappa shape index (κ1) is 40.8. The van der Waals surface area contributed by atoms with Crippen molar-refractivity contribution in [2.24, 2.45) is 0 Å². The van der Waals surface area contributed by atoms with Gasteiger partial charge in [-0.15, -0.1) is 0 Å². The Morgan fingerprint density at radius 3 is 1.04 bits per heavy atom. The topological polar surface area (TPSA) is 27.7 Å². The molecule has 0 aliphatic rings. The Morgan fingerprint density at radius 1 is 0.422 bits per heavy atom. The standard InChI is InChI=1S/2C12H18O.4C4H9.O.2Sn/c2*1-3-6-10-8-5-9-12(13)11(10)7-4-2;4*1-3-4-2;;;/h2*5,8-9,13H,3-4,6-7H2,1-2H3;4*1,3-4H2,2H3;;;/q;;;;;;;2*+1/p-2. The summed E-state index contributed by atoms with van der Waals surface area (Å²) >= 11 is -7.41. The molecule has 0 amide bonds. The molecule has 45 heavy (non-hydrogen) atoms. The number of unbranched alkanes of at least 4 members (excludes halogenated alkanes) is 4. The first-order chi connectivity index (χ1) is 21.9. The second kappa shape index (κ2) is 23.0. The van der Waals surface area contributed by atoms with E-state index in [1.807, 2.05) is 0 Å². The molecule has 256 valence electrons. The van der Waals surface area contributed by atoms with Crippen LogP contribution in [0.1, 0.15) is 155 Å². The van der Waals surface area contributed by atoms with E-state index in [0.29, 0.717) is 0 Å². The van der Waals surface area contributed by atoms with E-state index in [1.165, 1.54) is 73.6 Å². The average molecular weight is 836 g/mol. The molecule has 0 heterocycles. The van der Waals surface area contributed by atoms with Crippen LogP contribution in [0.5, 0.6) is 11.5 Å². The predicted molar refractivity (Wildman–Crippen MR) is 202 cm³/mol. The maximum atomic E-state index is 8.08. The van der Waals surface area contributed by atoms with Gasteiger partial charge in [-0.2, -0.15) is 0 Å². The fraction of sp³-hybridized carbons (Fsp3) is 0.700. The van der Waals surface area contributed by atoms with E-state index < -0.39 is 38.4 Å². The van der Waals surface area contributed by atoms with E-state index in [9.17, 15) is 0 Å². The molecule has 0 saturated heterocycles. The quantitative estimate of drug-likeness (QED) is 0.0884. The minimum atomic E-state index is -3.70. The van der Waals surface area contributed by atoms with Gasteiger partial charge >= 0.3 is 292 Å². The molecule has 0 aromatic heterocycles. The molecule has 0 aliphatic carbocycles. The van der Waals surface area contributed by atoms with Crippen molar-refractivity contribution in [2.75, 3.05) is 0 Å². The first-order valence-corrected chi connectivity index (χ1v) is 31.9. The van der Waals surface area contributed by atoms with E-state index in [-0.39, 0.29) is 0 Å². The van der Waals surface area contributed by atoms with Crippen molar-refractivity contribution in [1.82, 2.24) is 0 Å². The molecule has 0 unspecified atom stereocenters. The van der Waals surface area contributed by atoms with Gasteiger partial charge in [0.2, 0.25) is 0 Å². The summed E-state index contributed by atoms with van der Waals surface area (Å²) in [5, 5.41) is 0. The molecule has 0 spiro atoms. The summed E-state index contributed by atoms with van der Waals surface area (Å²) in [6.07, 6.45) is 18.5. The zero-order valence-corrected chi connectivity index (χ0v) is 36.5. The number of benzene rings is 2. The van der Waals surface area contributed by atoms with Crippen molar-refractivity contribution in [2.45, 2.75) is 176 Å². The predicted octanol–water partition coefficient (Wildman–Crippen LogP) is 13.1. The second-order valence-electron chi connectivity index (χ2n) is 13.3. The van der Waals surface area contributed by atoms with Gasteiger partial charge in [0.25, 0.3) is 0 Å². The van der Waals surface area contributed by atoms with Crippen molar-refractivity contribution in [3.63, 3.8) is 0 Å². The summed E-state index contributed by atoms with van der Waals surface area (Å²) in [6, 6.07) is 13.7. The van der Waals surface area contributed by atoms with Crippen molar-refractivity contribution < 1.29 is 7.56 Å². The van der Waals surface area contributed by atoms with Gasteiger partial charge in [-0.1, -0.05) is 0 Å². The Kier molecular flexibility index (Phi) is 20.9. The third-order valence-corrected chi connectivity index (χ3v) is 41.6. The number of hydrogen-bond donors (Lipinski definition) is 0. The molecule has 0 atom stereocenters. The van der Waals surface area contributed by atoms with Crippen LogP contribution in [-0.4, -0.2) is 38.4 Å². The van der Waals surface area contributed by atoms with E-state index >= 15 is 0 Å². The fourth-order valence-electron chi connectivity index (χ4n) is 6.71. The number of hydrogen-bond acceptors (Lipinski definition) is 3. The summed E-state index contributed by atoms with van der Waals surface area (Å²) in [4.78, 5) is 0. The van der Waals surface area contributed by atoms with Crippen LogP contribution in [0, 0.1) is 0 Å². The monoisotopic (exact) mass is 838 g/mol. The van der Waals surface area contributed by atoms with E-state index in [4.69, 9.17) is 7.56 Å². The summed E-state index contributed by atoms with van der Waals surface area (Å²) in [7, 11) is 0. The Bertz CT molecular complexity index is 970. The molecule has 3 nitrogen and oxygen atoms in total. The summed E-state index contributed by atoms with van der Waals surface area (Å²) < 4.78 is 27.9. The normalized spacial score (nSPS) is 12.1. The van der Waals surface area contributed by atoms with Crippen LogP contribution in [0.15, 0.2) is 36.4 Å². The van der Waals surface area contributed by atoms with Crippen LogP contribution in [0.4, 0.5) is 0 Å². The molecular weight excluding hydrogens is 766 g/mol.